The first-order valence-electron chi connectivity index (χ1n) is 5.70. The first kappa shape index (κ1) is 14.4. The van der Waals surface area contributed by atoms with Gasteiger partial charge in [-0.2, -0.15) is 0 Å². The molecular formula is C11H24N2O2. The van der Waals surface area contributed by atoms with E-state index < -0.39 is 12.0 Å². The minimum absolute atomic E-state index is 0.418. The van der Waals surface area contributed by atoms with Crippen LogP contribution in [0.15, 0.2) is 0 Å². The number of nitrogens with one attached hydrogen (secondary N) is 1. The van der Waals surface area contributed by atoms with Crippen molar-refractivity contribution in [2.24, 2.45) is 0 Å². The van der Waals surface area contributed by atoms with Crippen molar-refractivity contribution in [3.63, 3.8) is 0 Å². The van der Waals surface area contributed by atoms with E-state index in [1.54, 1.807) is 7.05 Å². The van der Waals surface area contributed by atoms with Gasteiger partial charge in [-0.3, -0.25) is 4.79 Å². The van der Waals surface area contributed by atoms with Gasteiger partial charge in [0.2, 0.25) is 0 Å². The Hall–Kier alpha value is -0.610. The van der Waals surface area contributed by atoms with Gasteiger partial charge in [0.25, 0.3) is 0 Å². The van der Waals surface area contributed by atoms with E-state index in [9.17, 15) is 4.79 Å². The zero-order valence-corrected chi connectivity index (χ0v) is 10.1. The molecule has 0 heterocycles. The van der Waals surface area contributed by atoms with Gasteiger partial charge >= 0.3 is 5.97 Å². The van der Waals surface area contributed by atoms with E-state index in [2.05, 4.69) is 17.1 Å². The number of carbonyl (C=O) groups is 1. The number of aliphatic carboxylic acids is 1. The summed E-state index contributed by atoms with van der Waals surface area (Å²) in [5.41, 5.74) is 0. The molecule has 4 nitrogen and oxygen atoms in total. The average molecular weight is 216 g/mol. The average Bonchev–Trinajstić information content (AvgIpc) is 2.18. The third kappa shape index (κ3) is 7.33. The highest BCUT2D eigenvalue weighted by atomic mass is 16.4. The van der Waals surface area contributed by atoms with E-state index in [0.717, 1.165) is 13.1 Å². The number of rotatable bonds is 9. The van der Waals surface area contributed by atoms with Crippen molar-refractivity contribution in [3.8, 4) is 0 Å². The minimum atomic E-state index is -0.764. The van der Waals surface area contributed by atoms with Gasteiger partial charge in [-0.05, 0) is 40.0 Å². The number of carboxylic acids is 1. The molecule has 0 aromatic heterocycles. The van der Waals surface area contributed by atoms with Crippen LogP contribution in [0, 0.1) is 0 Å². The number of hydrogen-bond donors (Lipinski definition) is 2. The summed E-state index contributed by atoms with van der Waals surface area (Å²) in [7, 11) is 3.74. The van der Waals surface area contributed by atoms with Crippen LogP contribution in [0.2, 0.25) is 0 Å². The molecular weight excluding hydrogens is 192 g/mol. The highest BCUT2D eigenvalue weighted by Crippen LogP contribution is 1.99. The Morgan fingerprint density at radius 3 is 2.53 bits per heavy atom. The largest absolute Gasteiger partial charge is 0.480 e. The standard InChI is InChI=1S/C11H24N2O2/c1-4-5-6-8-13(3)9-7-10(12-2)11(14)15/h10,12H,4-9H2,1-3H3,(H,14,15). The monoisotopic (exact) mass is 216 g/mol. The fourth-order valence-corrected chi connectivity index (χ4v) is 1.48. The van der Waals surface area contributed by atoms with Gasteiger partial charge in [0, 0.05) is 0 Å². The van der Waals surface area contributed by atoms with Crippen LogP contribution in [-0.4, -0.2) is 49.2 Å². The maximum atomic E-state index is 10.7. The fourth-order valence-electron chi connectivity index (χ4n) is 1.48. The van der Waals surface area contributed by atoms with E-state index >= 15 is 0 Å². The molecule has 0 spiro atoms. The predicted molar refractivity (Wildman–Crippen MR) is 62.1 cm³/mol. The molecule has 0 aliphatic heterocycles. The van der Waals surface area contributed by atoms with Gasteiger partial charge in [-0.15, -0.1) is 0 Å². The van der Waals surface area contributed by atoms with Crippen LogP contribution in [0.25, 0.3) is 0 Å². The second-order valence-corrected chi connectivity index (χ2v) is 3.98. The van der Waals surface area contributed by atoms with Gasteiger partial charge < -0.3 is 15.3 Å². The van der Waals surface area contributed by atoms with Gasteiger partial charge in [0.05, 0.1) is 0 Å². The smallest absolute Gasteiger partial charge is 0.320 e. The molecule has 0 aromatic carbocycles. The lowest BCUT2D eigenvalue weighted by Crippen LogP contribution is -2.37. The molecule has 0 rings (SSSR count). The van der Waals surface area contributed by atoms with E-state index in [-0.39, 0.29) is 0 Å². The maximum absolute atomic E-state index is 10.7. The molecule has 0 amide bonds. The molecule has 0 saturated carbocycles. The van der Waals surface area contributed by atoms with Crippen LogP contribution >= 0.6 is 0 Å². The van der Waals surface area contributed by atoms with Gasteiger partial charge in [-0.1, -0.05) is 19.8 Å². The lowest BCUT2D eigenvalue weighted by atomic mass is 10.2. The predicted octanol–water partition coefficient (Wildman–Crippen LogP) is 1.17. The van der Waals surface area contributed by atoms with Crippen LogP contribution in [0.4, 0.5) is 0 Å². The highest BCUT2D eigenvalue weighted by Gasteiger charge is 2.14. The number of likely N-dealkylation sites (N-methyl/N-ethyl adjacent to an activating group) is 1. The van der Waals surface area contributed by atoms with E-state index in [0.29, 0.717) is 6.42 Å². The second-order valence-electron chi connectivity index (χ2n) is 3.98. The Balaban J connectivity index is 3.59. The van der Waals surface area contributed by atoms with Crippen molar-refractivity contribution in [1.29, 1.82) is 0 Å². The number of carboxylic acid groups (broad SMARTS) is 1. The Bertz CT molecular complexity index is 174. The van der Waals surface area contributed by atoms with Crippen molar-refractivity contribution >= 4 is 5.97 Å². The molecule has 90 valence electrons. The van der Waals surface area contributed by atoms with Crippen LogP contribution in [0.1, 0.15) is 32.6 Å². The van der Waals surface area contributed by atoms with Gasteiger partial charge in [0.1, 0.15) is 6.04 Å². The normalized spacial score (nSPS) is 13.1. The summed E-state index contributed by atoms with van der Waals surface area (Å²) in [5, 5.41) is 11.6. The molecule has 0 bridgehead atoms. The molecule has 1 atom stereocenters. The summed E-state index contributed by atoms with van der Waals surface area (Å²) < 4.78 is 0. The van der Waals surface area contributed by atoms with Crippen molar-refractivity contribution in [2.45, 2.75) is 38.6 Å². The number of nitrogens with zero attached hydrogens (tertiary/aromatic N) is 1. The van der Waals surface area contributed by atoms with Gasteiger partial charge in [0.15, 0.2) is 0 Å². The molecule has 0 fully saturated rings. The van der Waals surface area contributed by atoms with Crippen molar-refractivity contribution in [1.82, 2.24) is 10.2 Å². The lowest BCUT2D eigenvalue weighted by Gasteiger charge is -2.18. The first-order chi connectivity index (χ1) is 7.11. The molecule has 0 aliphatic rings. The molecule has 0 saturated heterocycles. The SMILES string of the molecule is CCCCCN(C)CCC(NC)C(=O)O. The molecule has 4 heteroatoms. The minimum Gasteiger partial charge on any atom is -0.480 e. The van der Waals surface area contributed by atoms with Crippen LogP contribution < -0.4 is 5.32 Å². The molecule has 2 N–H and O–H groups in total. The quantitative estimate of drug-likeness (QED) is 0.568. The van der Waals surface area contributed by atoms with Crippen molar-refractivity contribution in [3.05, 3.63) is 0 Å². The summed E-state index contributed by atoms with van der Waals surface area (Å²) in [6, 6.07) is -0.418. The molecule has 0 aliphatic carbocycles. The number of hydrogen-bond acceptors (Lipinski definition) is 3. The van der Waals surface area contributed by atoms with E-state index in [1.807, 2.05) is 7.05 Å². The molecule has 0 radical (unpaired) electrons. The Morgan fingerprint density at radius 1 is 1.40 bits per heavy atom. The van der Waals surface area contributed by atoms with E-state index in [4.69, 9.17) is 5.11 Å². The molecule has 1 unspecified atom stereocenters. The van der Waals surface area contributed by atoms with Crippen molar-refractivity contribution < 1.29 is 9.90 Å². The third-order valence-electron chi connectivity index (χ3n) is 2.59. The summed E-state index contributed by atoms with van der Waals surface area (Å²) >= 11 is 0. The third-order valence-corrected chi connectivity index (χ3v) is 2.59. The topological polar surface area (TPSA) is 52.6 Å². The molecule has 15 heavy (non-hydrogen) atoms. The Labute approximate surface area is 92.7 Å². The van der Waals surface area contributed by atoms with Crippen molar-refractivity contribution in [2.75, 3.05) is 27.2 Å². The van der Waals surface area contributed by atoms with Crippen LogP contribution in [0.5, 0.6) is 0 Å². The Kier molecular flexibility index (Phi) is 8.33. The Morgan fingerprint density at radius 2 is 2.07 bits per heavy atom. The van der Waals surface area contributed by atoms with Crippen LogP contribution in [-0.2, 0) is 4.79 Å². The van der Waals surface area contributed by atoms with Crippen LogP contribution in [0.3, 0.4) is 0 Å². The zero-order valence-electron chi connectivity index (χ0n) is 10.1. The summed E-state index contributed by atoms with van der Waals surface area (Å²) in [4.78, 5) is 12.9. The molecule has 0 aromatic rings. The lowest BCUT2D eigenvalue weighted by molar-refractivity contribution is -0.139. The summed E-state index contributed by atoms with van der Waals surface area (Å²) in [6.45, 7) is 4.08. The summed E-state index contributed by atoms with van der Waals surface area (Å²) in [6.07, 6.45) is 4.33. The van der Waals surface area contributed by atoms with E-state index in [1.165, 1.54) is 19.3 Å². The fraction of sp³-hybridized carbons (Fsp3) is 0.909. The summed E-state index contributed by atoms with van der Waals surface area (Å²) in [5.74, 6) is -0.764. The first-order valence-corrected chi connectivity index (χ1v) is 5.70. The highest BCUT2D eigenvalue weighted by molar-refractivity contribution is 5.73. The zero-order chi connectivity index (χ0) is 11.7. The number of unbranched alkanes of at least 4 members (excludes halogenated alkanes) is 2. The van der Waals surface area contributed by atoms with Gasteiger partial charge in [-0.25, -0.2) is 0 Å². The second kappa shape index (κ2) is 8.68. The maximum Gasteiger partial charge on any atom is 0.320 e.